The number of para-hydroxylation sites is 1. The van der Waals surface area contributed by atoms with Crippen molar-refractivity contribution in [3.8, 4) is 5.75 Å². The highest BCUT2D eigenvalue weighted by Crippen LogP contribution is 2.57. The third kappa shape index (κ3) is 8.08. The first kappa shape index (κ1) is 42.0. The fourth-order valence-electron chi connectivity index (χ4n) is 12.5. The molecule has 0 spiro atoms. The summed E-state index contributed by atoms with van der Waals surface area (Å²) in [4.78, 5) is 0. The summed E-state index contributed by atoms with van der Waals surface area (Å²) in [6.45, 7) is 27.6. The summed E-state index contributed by atoms with van der Waals surface area (Å²) in [5, 5.41) is 1.59. The highest BCUT2D eigenvalue weighted by Gasteiger charge is 2.42. The molecule has 0 heterocycles. The van der Waals surface area contributed by atoms with Crippen molar-refractivity contribution in [3.05, 3.63) is 140 Å². The van der Waals surface area contributed by atoms with Crippen molar-refractivity contribution in [3.63, 3.8) is 0 Å². The van der Waals surface area contributed by atoms with Crippen LogP contribution in [-0.2, 0) is 0 Å². The molecule has 7 rings (SSSR count). The predicted molar refractivity (Wildman–Crippen MR) is 252 cm³/mol. The minimum absolute atomic E-state index is 0.444. The summed E-state index contributed by atoms with van der Waals surface area (Å²) in [6, 6.07) is 28.1. The highest BCUT2D eigenvalue weighted by molar-refractivity contribution is 7.67. The molecule has 5 aromatic rings. The molecule has 1 nitrogen and oxygen atoms in total. The van der Waals surface area contributed by atoms with Gasteiger partial charge in [0.2, 0.25) is 0 Å². The topological polar surface area (TPSA) is 9.23 Å². The third-order valence-electron chi connectivity index (χ3n) is 13.7. The van der Waals surface area contributed by atoms with E-state index in [1.54, 1.807) is 5.30 Å². The van der Waals surface area contributed by atoms with Crippen LogP contribution in [0.15, 0.2) is 72.8 Å². The molecule has 0 aromatic heterocycles. The Kier molecular flexibility index (Phi) is 13.1. The summed E-state index contributed by atoms with van der Waals surface area (Å²) in [5.41, 5.74) is 24.4. The van der Waals surface area contributed by atoms with E-state index < -0.39 is 14.1 Å². The van der Waals surface area contributed by atoms with Crippen molar-refractivity contribution < 1.29 is 4.74 Å². The van der Waals surface area contributed by atoms with Crippen LogP contribution >= 0.6 is 7.92 Å². The average Bonchev–Trinajstić information content (AvgIpc) is 3.83. The van der Waals surface area contributed by atoms with Gasteiger partial charge in [0.05, 0.1) is 18.4 Å². The molecule has 0 aliphatic heterocycles. The molecule has 0 saturated heterocycles. The number of ether oxygens (including phenoxy) is 1. The molecule has 0 atom stereocenters. The number of hydrogen-bond acceptors (Lipinski definition) is 1. The quantitative estimate of drug-likeness (QED) is 0.113. The van der Waals surface area contributed by atoms with E-state index in [1.165, 1.54) is 140 Å². The van der Waals surface area contributed by atoms with E-state index in [0.29, 0.717) is 0 Å². The molecule has 0 bridgehead atoms. The molecular weight excluding hydrogens is 694 g/mol. The van der Waals surface area contributed by atoms with Gasteiger partial charge in [0.15, 0.2) is 5.75 Å². The monoisotopic (exact) mass is 765 g/mol. The van der Waals surface area contributed by atoms with Crippen LogP contribution in [0.25, 0.3) is 0 Å². The molecule has 5 aromatic carbocycles. The van der Waals surface area contributed by atoms with Crippen molar-refractivity contribution in [1.29, 1.82) is 0 Å². The number of rotatable bonds is 8. The summed E-state index contributed by atoms with van der Waals surface area (Å²) in [5.74, 6) is 1.16. The Bertz CT molecular complexity index is 1850. The van der Waals surface area contributed by atoms with Crippen molar-refractivity contribution in [1.82, 2.24) is 0 Å². The van der Waals surface area contributed by atoms with Gasteiger partial charge in [-0.25, -0.2) is 0 Å². The number of benzene rings is 5. The zero-order valence-corrected chi connectivity index (χ0v) is 38.2. The summed E-state index contributed by atoms with van der Waals surface area (Å²) >= 11 is 0. The molecule has 2 fully saturated rings. The molecule has 0 amide bonds. The summed E-state index contributed by atoms with van der Waals surface area (Å²) < 4.78 is 5.67. The molecule has 296 valence electrons. The maximum Gasteiger partial charge on any atom is 0.160 e. The van der Waals surface area contributed by atoms with Gasteiger partial charge in [0.25, 0.3) is 0 Å². The highest BCUT2D eigenvalue weighted by atomic mass is 31.1. The van der Waals surface area contributed by atoms with Crippen molar-refractivity contribution in [2.45, 2.75) is 146 Å². The normalized spacial score (nSPS) is 15.0. The Morgan fingerprint density at radius 3 is 0.964 bits per heavy atom. The lowest BCUT2D eigenvalue weighted by molar-refractivity contribution is 0.418. The maximum atomic E-state index is 5.67. The van der Waals surface area contributed by atoms with Gasteiger partial charge in [-0.1, -0.05) is 127 Å². The maximum absolute atomic E-state index is 5.67. The van der Waals surface area contributed by atoms with Crippen LogP contribution < -0.4 is 31.9 Å². The van der Waals surface area contributed by atoms with Crippen LogP contribution in [0.2, 0.25) is 0 Å². The van der Waals surface area contributed by atoms with Crippen LogP contribution in [0, 0.1) is 83.1 Å². The van der Waals surface area contributed by atoms with Gasteiger partial charge in [-0.2, -0.15) is 21.9 Å². The third-order valence-corrected chi connectivity index (χ3v) is 17.6. The van der Waals surface area contributed by atoms with Crippen LogP contribution in [-0.4, -0.2) is 24.6 Å². The zero-order valence-electron chi connectivity index (χ0n) is 37.2. The average molecular weight is 765 g/mol. The fraction of sp³-hybridized carbons (Fsp3) is 0.434. The van der Waals surface area contributed by atoms with E-state index in [-0.39, 0.29) is 0 Å². The first-order chi connectivity index (χ1) is 26.7. The van der Waals surface area contributed by atoms with Crippen molar-refractivity contribution in [2.24, 2.45) is 0 Å². The van der Waals surface area contributed by atoms with Gasteiger partial charge in [0.1, 0.15) is 11.5 Å². The molecule has 2 aliphatic rings. The molecule has 0 unspecified atom stereocenters. The minimum atomic E-state index is -1.48. The smallest absolute Gasteiger partial charge is 0.160 e. The van der Waals surface area contributed by atoms with Crippen LogP contribution in [0.3, 0.4) is 0 Å². The zero-order chi connectivity index (χ0) is 40.5. The van der Waals surface area contributed by atoms with E-state index in [2.05, 4.69) is 156 Å². The van der Waals surface area contributed by atoms with Crippen molar-refractivity contribution >= 4 is 41.2 Å². The first-order valence-electron chi connectivity index (χ1n) is 21.7. The van der Waals surface area contributed by atoms with Gasteiger partial charge < -0.3 is 4.74 Å². The first-order valence-corrected chi connectivity index (χ1v) is 23.3. The lowest BCUT2D eigenvalue weighted by Gasteiger charge is -2.51. The van der Waals surface area contributed by atoms with Gasteiger partial charge in [-0.3, -0.25) is 0 Å². The summed E-state index contributed by atoms with van der Waals surface area (Å²) in [6.07, 6.45) is 10.3. The molecular formula is C53H70BOP. The van der Waals surface area contributed by atoms with Gasteiger partial charge >= 0.3 is 0 Å². The Balaban J connectivity index is 0.000000233. The standard InChI is InChI=1S/C36H44B.C17H25OP/c1-21-13-25(5)33(26(6)14-21)37(34-27(7)15-22(2)16-28(34)8,35-29(9)17-23(3)18-30(35)10)36-31(11)19-24(4)20-32(36)12;1-18-16-12-6-7-13-17(16)19(14-8-2-3-9-14)15-10-4-5-11-15/h13-20H,1-12H3;6-7,12-15H,2-5,8-11H2,1H3/q-1;/p+1. The second kappa shape index (κ2) is 17.5. The fourth-order valence-corrected chi connectivity index (χ4v) is 16.9. The van der Waals surface area contributed by atoms with Crippen LogP contribution in [0.5, 0.6) is 5.75 Å². The van der Waals surface area contributed by atoms with Gasteiger partial charge in [0, 0.05) is 7.92 Å². The van der Waals surface area contributed by atoms with E-state index in [0.717, 1.165) is 17.1 Å². The number of aryl methyl sites for hydroxylation is 12. The van der Waals surface area contributed by atoms with E-state index in [1.807, 2.05) is 7.11 Å². The summed E-state index contributed by atoms with van der Waals surface area (Å²) in [7, 11) is 1.39. The molecule has 3 heteroatoms. The number of methoxy groups -OCH3 is 1. The SMILES string of the molecule is COc1ccccc1[PH+](C1CCCC1)C1CCCC1.Cc1cc(C)c([B-](c2c(C)cc(C)cc2C)(c2c(C)cc(C)cc2C)c2c(C)cc(C)cc2C)c(C)c1. The lowest BCUT2D eigenvalue weighted by atomic mass is 9.10. The molecule has 56 heavy (non-hydrogen) atoms. The Morgan fingerprint density at radius 1 is 0.429 bits per heavy atom. The second-order valence-electron chi connectivity index (χ2n) is 18.2. The van der Waals surface area contributed by atoms with E-state index >= 15 is 0 Å². The lowest BCUT2D eigenvalue weighted by Crippen LogP contribution is -2.78. The Hall–Kier alpha value is -3.61. The minimum Gasteiger partial charge on any atom is -0.493 e. The predicted octanol–water partition coefficient (Wildman–Crippen LogP) is 11.2. The Morgan fingerprint density at radius 2 is 0.696 bits per heavy atom. The van der Waals surface area contributed by atoms with Crippen molar-refractivity contribution in [2.75, 3.05) is 7.11 Å². The van der Waals surface area contributed by atoms with Gasteiger partial charge in [-0.05, 0) is 147 Å². The molecule has 0 radical (unpaired) electrons. The van der Waals surface area contributed by atoms with Gasteiger partial charge in [-0.15, -0.1) is 0 Å². The largest absolute Gasteiger partial charge is 0.493 e. The van der Waals surface area contributed by atoms with E-state index in [4.69, 9.17) is 4.74 Å². The molecule has 2 aliphatic carbocycles. The van der Waals surface area contributed by atoms with Crippen LogP contribution in [0.4, 0.5) is 0 Å². The Labute approximate surface area is 342 Å². The van der Waals surface area contributed by atoms with Crippen LogP contribution in [0.1, 0.15) is 118 Å². The van der Waals surface area contributed by atoms with E-state index in [9.17, 15) is 0 Å². The number of hydrogen-bond donors (Lipinski definition) is 0. The molecule has 0 N–H and O–H groups in total. The second-order valence-corrected chi connectivity index (χ2v) is 21.3. The molecule has 2 saturated carbocycles.